The number of nitrogens with one attached hydrogen (secondary N) is 1. The molecule has 3 rings (SSSR count). The van der Waals surface area contributed by atoms with Gasteiger partial charge in [0.2, 0.25) is 5.91 Å². The third-order valence-corrected chi connectivity index (χ3v) is 4.58. The highest BCUT2D eigenvalue weighted by Crippen LogP contribution is 2.29. The monoisotopic (exact) mass is 376 g/mol. The first-order chi connectivity index (χ1) is 12.7. The average molecular weight is 376 g/mol. The van der Waals surface area contributed by atoms with Crippen LogP contribution in [0, 0.1) is 12.8 Å². The van der Waals surface area contributed by atoms with Gasteiger partial charge in [-0.25, -0.2) is 0 Å². The Kier molecular flexibility index (Phi) is 5.21. The molecule has 4 nitrogen and oxygen atoms in total. The van der Waals surface area contributed by atoms with Gasteiger partial charge in [0, 0.05) is 36.7 Å². The molecule has 0 spiro atoms. The average Bonchev–Trinajstić information content (AvgIpc) is 3.00. The summed E-state index contributed by atoms with van der Waals surface area (Å²) in [6, 6.07) is 11.7. The van der Waals surface area contributed by atoms with Gasteiger partial charge in [0.15, 0.2) is 0 Å². The second-order valence-corrected chi connectivity index (χ2v) is 6.70. The van der Waals surface area contributed by atoms with Crippen LogP contribution in [0.2, 0.25) is 0 Å². The normalized spacial score (nSPS) is 17.3. The molecule has 1 heterocycles. The van der Waals surface area contributed by atoms with Gasteiger partial charge in [-0.3, -0.25) is 9.59 Å². The minimum atomic E-state index is -4.43. The number of hydrogen-bond acceptors (Lipinski definition) is 2. The second kappa shape index (κ2) is 7.42. The zero-order valence-electron chi connectivity index (χ0n) is 14.7. The molecule has 7 heteroatoms. The van der Waals surface area contributed by atoms with Crippen LogP contribution in [0.4, 0.5) is 18.9 Å². The molecule has 0 aliphatic carbocycles. The lowest BCUT2D eigenvalue weighted by molar-refractivity contribution is -0.137. The molecule has 0 aromatic heterocycles. The van der Waals surface area contributed by atoms with Gasteiger partial charge in [-0.2, -0.15) is 13.2 Å². The summed E-state index contributed by atoms with van der Waals surface area (Å²) in [4.78, 5) is 26.1. The van der Waals surface area contributed by atoms with Gasteiger partial charge in [-0.05, 0) is 43.3 Å². The summed E-state index contributed by atoms with van der Waals surface area (Å²) in [6.07, 6.45) is -4.11. The number of hydrogen-bond donors (Lipinski definition) is 1. The van der Waals surface area contributed by atoms with E-state index in [1.807, 2.05) is 31.2 Å². The van der Waals surface area contributed by atoms with Crippen molar-refractivity contribution in [2.45, 2.75) is 19.5 Å². The van der Waals surface area contributed by atoms with E-state index < -0.39 is 17.6 Å². The van der Waals surface area contributed by atoms with Gasteiger partial charge in [0.1, 0.15) is 0 Å². The van der Waals surface area contributed by atoms with Gasteiger partial charge in [0.25, 0.3) is 5.91 Å². The van der Waals surface area contributed by atoms with Crippen molar-refractivity contribution in [2.24, 2.45) is 5.92 Å². The molecule has 1 N–H and O–H groups in total. The Labute approximate surface area is 155 Å². The standard InChI is InChI=1S/C20H19F3N2O2/c1-13-2-8-17(9-3-13)25-12-14(10-18(25)26)11-24-19(27)15-4-6-16(7-5-15)20(21,22)23/h2-9,14H,10-12H2,1H3,(H,24,27). The largest absolute Gasteiger partial charge is 0.416 e. The Bertz CT molecular complexity index is 830. The maximum absolute atomic E-state index is 12.6. The number of alkyl halides is 3. The first-order valence-electron chi connectivity index (χ1n) is 8.56. The Morgan fingerprint density at radius 3 is 2.33 bits per heavy atom. The zero-order valence-corrected chi connectivity index (χ0v) is 14.7. The van der Waals surface area contributed by atoms with E-state index in [9.17, 15) is 22.8 Å². The highest BCUT2D eigenvalue weighted by molar-refractivity contribution is 5.96. The van der Waals surface area contributed by atoms with E-state index in [2.05, 4.69) is 5.32 Å². The number of benzene rings is 2. The fraction of sp³-hybridized carbons (Fsp3) is 0.300. The summed E-state index contributed by atoms with van der Waals surface area (Å²) < 4.78 is 37.7. The van der Waals surface area contributed by atoms with Crippen LogP contribution in [0.5, 0.6) is 0 Å². The van der Waals surface area contributed by atoms with Gasteiger partial charge in [-0.1, -0.05) is 17.7 Å². The molecule has 1 aliphatic heterocycles. The number of anilines is 1. The maximum atomic E-state index is 12.6. The SMILES string of the molecule is Cc1ccc(N2CC(CNC(=O)c3ccc(C(F)(F)F)cc3)CC2=O)cc1. The van der Waals surface area contributed by atoms with Gasteiger partial charge < -0.3 is 10.2 Å². The van der Waals surface area contributed by atoms with Crippen LogP contribution in [0.15, 0.2) is 48.5 Å². The number of halogens is 3. The molecule has 1 fully saturated rings. The van der Waals surface area contributed by atoms with Gasteiger partial charge >= 0.3 is 6.18 Å². The van der Waals surface area contributed by atoms with Crippen LogP contribution in [0.3, 0.4) is 0 Å². The zero-order chi connectivity index (χ0) is 19.6. The fourth-order valence-electron chi connectivity index (χ4n) is 3.04. The van der Waals surface area contributed by atoms with Crippen molar-refractivity contribution in [1.82, 2.24) is 5.32 Å². The fourth-order valence-corrected chi connectivity index (χ4v) is 3.04. The summed E-state index contributed by atoms with van der Waals surface area (Å²) in [5.74, 6) is -0.505. The Morgan fingerprint density at radius 1 is 1.11 bits per heavy atom. The molecule has 27 heavy (non-hydrogen) atoms. The van der Waals surface area contributed by atoms with E-state index >= 15 is 0 Å². The first kappa shape index (κ1) is 18.9. The molecule has 1 saturated heterocycles. The van der Waals surface area contributed by atoms with Crippen molar-refractivity contribution in [2.75, 3.05) is 18.0 Å². The Hall–Kier alpha value is -2.83. The molecule has 2 aromatic rings. The predicted molar refractivity (Wildman–Crippen MR) is 95.4 cm³/mol. The molecule has 2 amide bonds. The summed E-state index contributed by atoms with van der Waals surface area (Å²) in [7, 11) is 0. The van der Waals surface area contributed by atoms with E-state index in [0.717, 1.165) is 35.5 Å². The number of carbonyl (C=O) groups is 2. The molecule has 1 atom stereocenters. The second-order valence-electron chi connectivity index (χ2n) is 6.70. The van der Waals surface area contributed by atoms with Crippen molar-refractivity contribution in [3.05, 3.63) is 65.2 Å². The van der Waals surface area contributed by atoms with Crippen LogP contribution >= 0.6 is 0 Å². The van der Waals surface area contributed by atoms with Gasteiger partial charge in [0.05, 0.1) is 5.56 Å². The van der Waals surface area contributed by atoms with Crippen LogP contribution in [0.25, 0.3) is 0 Å². The van der Waals surface area contributed by atoms with Crippen LogP contribution < -0.4 is 10.2 Å². The van der Waals surface area contributed by atoms with E-state index in [-0.39, 0.29) is 23.9 Å². The van der Waals surface area contributed by atoms with Crippen molar-refractivity contribution < 1.29 is 22.8 Å². The van der Waals surface area contributed by atoms with E-state index in [1.54, 1.807) is 4.90 Å². The molecule has 1 unspecified atom stereocenters. The molecular weight excluding hydrogens is 357 g/mol. The van der Waals surface area contributed by atoms with E-state index in [0.29, 0.717) is 13.0 Å². The number of nitrogens with zero attached hydrogens (tertiary/aromatic N) is 1. The smallest absolute Gasteiger partial charge is 0.352 e. The number of aryl methyl sites for hydroxylation is 1. The van der Waals surface area contributed by atoms with Crippen LogP contribution in [-0.4, -0.2) is 24.9 Å². The Balaban J connectivity index is 1.56. The van der Waals surface area contributed by atoms with Crippen LogP contribution in [-0.2, 0) is 11.0 Å². The van der Waals surface area contributed by atoms with E-state index in [1.165, 1.54) is 0 Å². The van der Waals surface area contributed by atoms with Crippen molar-refractivity contribution in [1.29, 1.82) is 0 Å². The molecule has 0 bridgehead atoms. The summed E-state index contributed by atoms with van der Waals surface area (Å²) in [5.41, 5.74) is 1.28. The predicted octanol–water partition coefficient (Wildman–Crippen LogP) is 3.80. The topological polar surface area (TPSA) is 49.4 Å². The minimum absolute atomic E-state index is 0.00682. The highest BCUT2D eigenvalue weighted by Gasteiger charge is 2.31. The third-order valence-electron chi connectivity index (χ3n) is 4.58. The molecule has 2 aromatic carbocycles. The molecular formula is C20H19F3N2O2. The van der Waals surface area contributed by atoms with Crippen molar-refractivity contribution >= 4 is 17.5 Å². The van der Waals surface area contributed by atoms with Crippen molar-refractivity contribution in [3.8, 4) is 0 Å². The summed E-state index contributed by atoms with van der Waals surface area (Å²) in [6.45, 7) is 2.75. The van der Waals surface area contributed by atoms with E-state index in [4.69, 9.17) is 0 Å². The third kappa shape index (κ3) is 4.48. The quantitative estimate of drug-likeness (QED) is 0.883. The number of amides is 2. The van der Waals surface area contributed by atoms with Gasteiger partial charge in [-0.15, -0.1) is 0 Å². The lowest BCUT2D eigenvalue weighted by Crippen LogP contribution is -2.31. The number of carbonyl (C=O) groups excluding carboxylic acids is 2. The first-order valence-corrected chi connectivity index (χ1v) is 8.56. The number of rotatable bonds is 4. The molecule has 142 valence electrons. The highest BCUT2D eigenvalue weighted by atomic mass is 19.4. The molecule has 0 saturated carbocycles. The maximum Gasteiger partial charge on any atom is 0.416 e. The lowest BCUT2D eigenvalue weighted by atomic mass is 10.1. The van der Waals surface area contributed by atoms with Crippen LogP contribution in [0.1, 0.15) is 27.9 Å². The summed E-state index contributed by atoms with van der Waals surface area (Å²) in [5, 5.41) is 2.70. The van der Waals surface area contributed by atoms with Crippen molar-refractivity contribution in [3.63, 3.8) is 0 Å². The molecule has 0 radical (unpaired) electrons. The molecule has 1 aliphatic rings. The summed E-state index contributed by atoms with van der Waals surface area (Å²) >= 11 is 0. The lowest BCUT2D eigenvalue weighted by Gasteiger charge is -2.17. The Morgan fingerprint density at radius 2 is 1.74 bits per heavy atom. The minimum Gasteiger partial charge on any atom is -0.352 e.